The summed E-state index contributed by atoms with van der Waals surface area (Å²) in [5.74, 6) is -0.458. The van der Waals surface area contributed by atoms with Gasteiger partial charge in [-0.05, 0) is 46.8 Å². The highest BCUT2D eigenvalue weighted by Gasteiger charge is 2.36. The van der Waals surface area contributed by atoms with Crippen LogP contribution in [0.4, 0.5) is 10.5 Å². The van der Waals surface area contributed by atoms with Crippen LogP contribution in [0.3, 0.4) is 0 Å². The van der Waals surface area contributed by atoms with Gasteiger partial charge in [-0.25, -0.2) is 0 Å². The van der Waals surface area contributed by atoms with Crippen molar-refractivity contribution in [2.24, 2.45) is 0 Å². The second-order valence-electron chi connectivity index (χ2n) is 6.70. The number of imide groups is 1. The van der Waals surface area contributed by atoms with Crippen LogP contribution >= 0.6 is 23.4 Å². The molecule has 1 aliphatic rings. The van der Waals surface area contributed by atoms with Crippen molar-refractivity contribution in [3.63, 3.8) is 0 Å². The Morgan fingerprint density at radius 3 is 2.61 bits per heavy atom. The average Bonchev–Trinajstić information content (AvgIpc) is 3.03. The number of carbonyl (C=O) groups is 3. The number of hydrogen-bond donors (Lipinski definition) is 1. The molecule has 0 aliphatic carbocycles. The SMILES string of the molecule is COc1ccc2ccccc2c1/C=C1\SC(=O)N(CC(=O)Nc2ccccc2Cl)C1=O. The van der Waals surface area contributed by atoms with Gasteiger partial charge in [-0.3, -0.25) is 19.3 Å². The first-order valence-corrected chi connectivity index (χ1v) is 10.5. The van der Waals surface area contributed by atoms with Gasteiger partial charge in [-0.15, -0.1) is 0 Å². The predicted molar refractivity (Wildman–Crippen MR) is 123 cm³/mol. The summed E-state index contributed by atoms with van der Waals surface area (Å²) in [5.41, 5.74) is 1.11. The summed E-state index contributed by atoms with van der Waals surface area (Å²) in [4.78, 5) is 38.9. The zero-order valence-corrected chi connectivity index (χ0v) is 18.0. The van der Waals surface area contributed by atoms with E-state index in [1.807, 2.05) is 36.4 Å². The number of hydrogen-bond acceptors (Lipinski definition) is 5. The van der Waals surface area contributed by atoms with Crippen molar-refractivity contribution in [2.45, 2.75) is 0 Å². The Bertz CT molecular complexity index is 1240. The van der Waals surface area contributed by atoms with Gasteiger partial charge in [-0.2, -0.15) is 0 Å². The molecule has 1 heterocycles. The molecule has 0 aromatic heterocycles. The minimum Gasteiger partial charge on any atom is -0.496 e. The average molecular weight is 453 g/mol. The minimum atomic E-state index is -0.528. The molecule has 156 valence electrons. The van der Waals surface area contributed by atoms with E-state index in [4.69, 9.17) is 16.3 Å². The van der Waals surface area contributed by atoms with Crippen LogP contribution in [0.2, 0.25) is 5.02 Å². The molecule has 3 aromatic rings. The van der Waals surface area contributed by atoms with Crippen LogP contribution in [0.15, 0.2) is 65.6 Å². The van der Waals surface area contributed by atoms with Crippen LogP contribution < -0.4 is 10.1 Å². The van der Waals surface area contributed by atoms with E-state index in [1.54, 1.807) is 37.5 Å². The third-order valence-corrected chi connectivity index (χ3v) is 5.99. The molecule has 31 heavy (non-hydrogen) atoms. The summed E-state index contributed by atoms with van der Waals surface area (Å²) in [5, 5.41) is 4.35. The summed E-state index contributed by atoms with van der Waals surface area (Å²) in [6, 6.07) is 18.2. The van der Waals surface area contributed by atoms with Crippen molar-refractivity contribution >= 4 is 63.0 Å². The number of anilines is 1. The lowest BCUT2D eigenvalue weighted by Crippen LogP contribution is -2.36. The molecule has 3 amide bonds. The molecular weight excluding hydrogens is 436 g/mol. The van der Waals surface area contributed by atoms with Gasteiger partial charge in [0.15, 0.2) is 0 Å². The molecule has 4 rings (SSSR count). The first-order valence-electron chi connectivity index (χ1n) is 9.33. The van der Waals surface area contributed by atoms with Crippen LogP contribution in [0, 0.1) is 0 Å². The Morgan fingerprint density at radius 1 is 1.10 bits per heavy atom. The van der Waals surface area contributed by atoms with Crippen molar-refractivity contribution in [3.05, 3.63) is 76.2 Å². The first-order chi connectivity index (χ1) is 15.0. The lowest BCUT2D eigenvalue weighted by molar-refractivity contribution is -0.127. The van der Waals surface area contributed by atoms with Gasteiger partial charge >= 0.3 is 0 Å². The topological polar surface area (TPSA) is 75.7 Å². The van der Waals surface area contributed by atoms with Gasteiger partial charge in [0.2, 0.25) is 5.91 Å². The maximum atomic E-state index is 12.9. The Kier molecular flexibility index (Phi) is 5.97. The maximum absolute atomic E-state index is 12.9. The van der Waals surface area contributed by atoms with Crippen LogP contribution in [-0.2, 0) is 9.59 Å². The zero-order chi connectivity index (χ0) is 22.0. The Hall–Kier alpha value is -3.29. The van der Waals surface area contributed by atoms with Gasteiger partial charge in [0.25, 0.3) is 11.1 Å². The number of fused-ring (bicyclic) bond motifs is 1. The largest absolute Gasteiger partial charge is 0.496 e. The second-order valence-corrected chi connectivity index (χ2v) is 8.10. The quantitative estimate of drug-likeness (QED) is 0.540. The molecule has 1 N–H and O–H groups in total. The van der Waals surface area contributed by atoms with Crippen LogP contribution in [0.5, 0.6) is 5.75 Å². The number of para-hydroxylation sites is 1. The van der Waals surface area contributed by atoms with E-state index in [0.29, 0.717) is 22.0 Å². The van der Waals surface area contributed by atoms with Crippen molar-refractivity contribution in [3.8, 4) is 5.75 Å². The number of rotatable bonds is 5. The summed E-state index contributed by atoms with van der Waals surface area (Å²) in [7, 11) is 1.55. The number of carbonyl (C=O) groups excluding carboxylic acids is 3. The standard InChI is InChI=1S/C23H17ClN2O4S/c1-30-19-11-10-14-6-2-3-7-15(14)16(19)12-20-22(28)26(23(29)31-20)13-21(27)25-18-9-5-4-8-17(18)24/h2-12H,13H2,1H3,(H,25,27)/b20-12-. The van der Waals surface area contributed by atoms with E-state index >= 15 is 0 Å². The molecular formula is C23H17ClN2O4S. The lowest BCUT2D eigenvalue weighted by Gasteiger charge is -2.13. The van der Waals surface area contributed by atoms with Gasteiger partial charge in [0.1, 0.15) is 12.3 Å². The van der Waals surface area contributed by atoms with Crippen LogP contribution in [0.25, 0.3) is 16.8 Å². The zero-order valence-electron chi connectivity index (χ0n) is 16.4. The van der Waals surface area contributed by atoms with Crippen LogP contribution in [-0.4, -0.2) is 35.6 Å². The van der Waals surface area contributed by atoms with E-state index in [2.05, 4.69) is 5.32 Å². The Morgan fingerprint density at radius 2 is 1.84 bits per heavy atom. The third-order valence-electron chi connectivity index (χ3n) is 4.75. The van der Waals surface area contributed by atoms with Gasteiger partial charge in [0, 0.05) is 5.56 Å². The fraction of sp³-hybridized carbons (Fsp3) is 0.0870. The second kappa shape index (κ2) is 8.83. The number of methoxy groups -OCH3 is 1. The number of halogens is 1. The normalized spacial score (nSPS) is 15.0. The van der Waals surface area contributed by atoms with E-state index in [-0.39, 0.29) is 4.91 Å². The lowest BCUT2D eigenvalue weighted by atomic mass is 10.0. The van der Waals surface area contributed by atoms with Crippen molar-refractivity contribution in [1.29, 1.82) is 0 Å². The number of ether oxygens (including phenoxy) is 1. The molecule has 1 aliphatic heterocycles. The molecule has 3 aromatic carbocycles. The number of amides is 3. The predicted octanol–water partition coefficient (Wildman–Crippen LogP) is 5.18. The molecule has 1 fully saturated rings. The highest BCUT2D eigenvalue weighted by atomic mass is 35.5. The van der Waals surface area contributed by atoms with Gasteiger partial charge < -0.3 is 10.1 Å². The number of nitrogens with one attached hydrogen (secondary N) is 1. The number of nitrogens with zero attached hydrogens (tertiary/aromatic N) is 1. The van der Waals surface area contributed by atoms with Crippen molar-refractivity contribution in [1.82, 2.24) is 4.90 Å². The van der Waals surface area contributed by atoms with E-state index < -0.39 is 23.6 Å². The van der Waals surface area contributed by atoms with E-state index in [0.717, 1.165) is 27.4 Å². The maximum Gasteiger partial charge on any atom is 0.294 e. The smallest absolute Gasteiger partial charge is 0.294 e. The summed E-state index contributed by atoms with van der Waals surface area (Å²) < 4.78 is 5.45. The van der Waals surface area contributed by atoms with Gasteiger partial charge in [0.05, 0.1) is 22.7 Å². The minimum absolute atomic E-state index is 0.227. The molecule has 0 spiro atoms. The molecule has 0 radical (unpaired) electrons. The first kappa shape index (κ1) is 21.0. The Balaban J connectivity index is 1.59. The highest BCUT2D eigenvalue weighted by Crippen LogP contribution is 2.36. The van der Waals surface area contributed by atoms with Crippen LogP contribution in [0.1, 0.15) is 5.56 Å². The Labute approximate surface area is 187 Å². The molecule has 0 bridgehead atoms. The molecule has 6 nitrogen and oxygen atoms in total. The molecule has 0 unspecified atom stereocenters. The fourth-order valence-electron chi connectivity index (χ4n) is 3.27. The number of benzene rings is 3. The van der Waals surface area contributed by atoms with Gasteiger partial charge in [-0.1, -0.05) is 54.1 Å². The molecule has 0 atom stereocenters. The molecule has 1 saturated heterocycles. The van der Waals surface area contributed by atoms with E-state index in [1.165, 1.54) is 0 Å². The molecule has 0 saturated carbocycles. The highest BCUT2D eigenvalue weighted by molar-refractivity contribution is 8.18. The van der Waals surface area contributed by atoms with Crippen molar-refractivity contribution in [2.75, 3.05) is 19.0 Å². The third kappa shape index (κ3) is 4.28. The number of thioether (sulfide) groups is 1. The summed E-state index contributed by atoms with van der Waals surface area (Å²) in [6.07, 6.45) is 1.64. The fourth-order valence-corrected chi connectivity index (χ4v) is 4.27. The summed E-state index contributed by atoms with van der Waals surface area (Å²) >= 11 is 6.84. The summed E-state index contributed by atoms with van der Waals surface area (Å²) in [6.45, 7) is -0.403. The molecule has 8 heteroatoms. The van der Waals surface area contributed by atoms with Crippen molar-refractivity contribution < 1.29 is 19.1 Å². The monoisotopic (exact) mass is 452 g/mol. The van der Waals surface area contributed by atoms with E-state index in [9.17, 15) is 14.4 Å².